The molecule has 1 rings (SSSR count). The van der Waals surface area contributed by atoms with Gasteiger partial charge < -0.3 is 20.1 Å². The smallest absolute Gasteiger partial charge is 0.308 e. The van der Waals surface area contributed by atoms with E-state index in [0.29, 0.717) is 12.1 Å². The van der Waals surface area contributed by atoms with Gasteiger partial charge in [0.1, 0.15) is 11.9 Å². The van der Waals surface area contributed by atoms with Crippen LogP contribution in [-0.4, -0.2) is 34.5 Å². The topological polar surface area (TPSA) is 87.0 Å². The normalized spacial score (nSPS) is 14.1. The average Bonchev–Trinajstić information content (AvgIpc) is 2.32. The summed E-state index contributed by atoms with van der Waals surface area (Å²) in [5, 5.41) is 28.4. The van der Waals surface area contributed by atoms with E-state index in [1.165, 1.54) is 0 Å². The van der Waals surface area contributed by atoms with Crippen molar-refractivity contribution in [3.05, 3.63) is 29.3 Å². The number of aliphatic hydroxyl groups is 2. The SMILES string of the molecule is COC(=O)CC(O)C(O)c1cc(F)cc(F)c1O. The fourth-order valence-electron chi connectivity index (χ4n) is 1.38. The molecule has 0 saturated heterocycles. The molecule has 1 aromatic rings. The summed E-state index contributed by atoms with van der Waals surface area (Å²) in [4.78, 5) is 10.9. The molecule has 0 aliphatic heterocycles. The van der Waals surface area contributed by atoms with Gasteiger partial charge in [-0.15, -0.1) is 0 Å². The van der Waals surface area contributed by atoms with E-state index in [1.54, 1.807) is 0 Å². The van der Waals surface area contributed by atoms with Crippen molar-refractivity contribution < 1.29 is 33.6 Å². The maximum atomic E-state index is 13.0. The molecule has 7 heteroatoms. The Labute approximate surface area is 101 Å². The lowest BCUT2D eigenvalue weighted by Crippen LogP contribution is -2.23. The molecule has 0 amide bonds. The number of ether oxygens (including phenoxy) is 1. The van der Waals surface area contributed by atoms with Crippen molar-refractivity contribution in [3.8, 4) is 5.75 Å². The first kappa shape index (κ1) is 14.3. The number of hydrogen-bond acceptors (Lipinski definition) is 5. The molecule has 0 aromatic heterocycles. The number of aromatic hydroxyl groups is 1. The number of carbonyl (C=O) groups excluding carboxylic acids is 1. The van der Waals surface area contributed by atoms with Gasteiger partial charge in [0.25, 0.3) is 0 Å². The molecule has 0 fully saturated rings. The molecule has 0 bridgehead atoms. The third-order valence-corrected chi connectivity index (χ3v) is 2.34. The highest BCUT2D eigenvalue weighted by Gasteiger charge is 2.26. The van der Waals surface area contributed by atoms with Crippen LogP contribution in [-0.2, 0) is 9.53 Å². The number of phenolic OH excluding ortho intramolecular Hbond substituents is 1. The van der Waals surface area contributed by atoms with Crippen molar-refractivity contribution in [1.82, 2.24) is 0 Å². The largest absolute Gasteiger partial charge is 0.505 e. The highest BCUT2D eigenvalue weighted by Crippen LogP contribution is 2.30. The molecular weight excluding hydrogens is 250 g/mol. The van der Waals surface area contributed by atoms with E-state index in [9.17, 15) is 28.9 Å². The van der Waals surface area contributed by atoms with Gasteiger partial charge in [0.15, 0.2) is 11.6 Å². The second kappa shape index (κ2) is 5.74. The zero-order chi connectivity index (χ0) is 13.9. The summed E-state index contributed by atoms with van der Waals surface area (Å²) in [7, 11) is 1.08. The van der Waals surface area contributed by atoms with E-state index in [1.807, 2.05) is 0 Å². The van der Waals surface area contributed by atoms with Crippen LogP contribution in [0.25, 0.3) is 0 Å². The number of halogens is 2. The zero-order valence-corrected chi connectivity index (χ0v) is 9.43. The van der Waals surface area contributed by atoms with E-state index < -0.39 is 47.5 Å². The summed E-state index contributed by atoms with van der Waals surface area (Å²) in [6.07, 6.45) is -4.03. The molecule has 0 aliphatic rings. The van der Waals surface area contributed by atoms with Crippen LogP contribution in [0.4, 0.5) is 8.78 Å². The lowest BCUT2D eigenvalue weighted by Gasteiger charge is -2.18. The number of esters is 1. The average molecular weight is 262 g/mol. The third-order valence-electron chi connectivity index (χ3n) is 2.34. The highest BCUT2D eigenvalue weighted by molar-refractivity contribution is 5.69. The molecule has 2 atom stereocenters. The second-order valence-electron chi connectivity index (χ2n) is 3.62. The van der Waals surface area contributed by atoms with Crippen molar-refractivity contribution in [2.45, 2.75) is 18.6 Å². The summed E-state index contributed by atoms with van der Waals surface area (Å²) in [6, 6.07) is 1.10. The first-order valence-corrected chi connectivity index (χ1v) is 4.97. The predicted molar refractivity (Wildman–Crippen MR) is 55.6 cm³/mol. The van der Waals surface area contributed by atoms with Gasteiger partial charge in [0.2, 0.25) is 0 Å². The summed E-state index contributed by atoms with van der Waals surface area (Å²) >= 11 is 0. The molecule has 3 N–H and O–H groups in total. The van der Waals surface area contributed by atoms with Gasteiger partial charge in [0, 0.05) is 11.6 Å². The maximum Gasteiger partial charge on any atom is 0.308 e. The van der Waals surface area contributed by atoms with Gasteiger partial charge in [0.05, 0.1) is 19.6 Å². The Bertz CT molecular complexity index is 449. The van der Waals surface area contributed by atoms with Crippen LogP contribution in [0, 0.1) is 11.6 Å². The number of carbonyl (C=O) groups is 1. The number of phenols is 1. The molecule has 100 valence electrons. The van der Waals surface area contributed by atoms with Crippen LogP contribution in [0.2, 0.25) is 0 Å². The van der Waals surface area contributed by atoms with E-state index in [0.717, 1.165) is 7.11 Å². The van der Waals surface area contributed by atoms with Crippen LogP contribution >= 0.6 is 0 Å². The van der Waals surface area contributed by atoms with E-state index in [-0.39, 0.29) is 0 Å². The number of hydrogen-bond donors (Lipinski definition) is 3. The molecule has 0 aliphatic carbocycles. The van der Waals surface area contributed by atoms with Crippen LogP contribution in [0.1, 0.15) is 18.1 Å². The lowest BCUT2D eigenvalue weighted by molar-refractivity contribution is -0.144. The van der Waals surface area contributed by atoms with Gasteiger partial charge in [-0.05, 0) is 6.07 Å². The minimum Gasteiger partial charge on any atom is -0.505 e. The van der Waals surface area contributed by atoms with Crippen molar-refractivity contribution in [1.29, 1.82) is 0 Å². The Morgan fingerprint density at radius 2 is 2.00 bits per heavy atom. The molecule has 0 saturated carbocycles. The summed E-state index contributed by atoms with van der Waals surface area (Å²) < 4.78 is 30.2. The monoisotopic (exact) mass is 262 g/mol. The zero-order valence-electron chi connectivity index (χ0n) is 9.43. The summed E-state index contributed by atoms with van der Waals surface area (Å²) in [5.41, 5.74) is -0.538. The number of benzene rings is 1. The van der Waals surface area contributed by atoms with Gasteiger partial charge in [-0.2, -0.15) is 0 Å². The predicted octanol–water partition coefficient (Wildman–Crippen LogP) is 0.628. The fraction of sp³-hybridized carbons (Fsp3) is 0.364. The Balaban J connectivity index is 2.96. The van der Waals surface area contributed by atoms with Crippen molar-refractivity contribution in [2.75, 3.05) is 7.11 Å². The van der Waals surface area contributed by atoms with E-state index >= 15 is 0 Å². The van der Waals surface area contributed by atoms with Gasteiger partial charge in [-0.25, -0.2) is 8.78 Å². The van der Waals surface area contributed by atoms with E-state index in [2.05, 4.69) is 4.74 Å². The molecule has 2 unspecified atom stereocenters. The van der Waals surface area contributed by atoms with Crippen LogP contribution < -0.4 is 0 Å². The molecular formula is C11H12F2O5. The highest BCUT2D eigenvalue weighted by atomic mass is 19.1. The fourth-order valence-corrected chi connectivity index (χ4v) is 1.38. The molecule has 5 nitrogen and oxygen atoms in total. The molecule has 0 radical (unpaired) electrons. The Hall–Kier alpha value is -1.73. The van der Waals surface area contributed by atoms with Crippen molar-refractivity contribution in [2.24, 2.45) is 0 Å². The van der Waals surface area contributed by atoms with Gasteiger partial charge >= 0.3 is 5.97 Å². The van der Waals surface area contributed by atoms with Crippen LogP contribution in [0.3, 0.4) is 0 Å². The molecule has 0 spiro atoms. The summed E-state index contributed by atoms with van der Waals surface area (Å²) in [6.45, 7) is 0. The number of aliphatic hydroxyl groups excluding tert-OH is 2. The third kappa shape index (κ3) is 3.14. The molecule has 0 heterocycles. The minimum absolute atomic E-state index is 0.429. The standard InChI is InChI=1S/C11H12F2O5/c1-18-9(15)4-8(14)11(17)6-2-5(12)3-7(13)10(6)16/h2-3,8,11,14,16-17H,4H2,1H3. The van der Waals surface area contributed by atoms with Crippen LogP contribution in [0.5, 0.6) is 5.75 Å². The first-order valence-electron chi connectivity index (χ1n) is 4.97. The minimum atomic E-state index is -1.81. The summed E-state index contributed by atoms with van der Waals surface area (Å²) in [5.74, 6) is -4.08. The van der Waals surface area contributed by atoms with Crippen molar-refractivity contribution in [3.63, 3.8) is 0 Å². The molecule has 18 heavy (non-hydrogen) atoms. The Morgan fingerprint density at radius 3 is 2.56 bits per heavy atom. The van der Waals surface area contributed by atoms with E-state index in [4.69, 9.17) is 0 Å². The first-order chi connectivity index (χ1) is 8.36. The number of rotatable bonds is 4. The second-order valence-corrected chi connectivity index (χ2v) is 3.62. The number of methoxy groups -OCH3 is 1. The quantitative estimate of drug-likeness (QED) is 0.693. The molecule has 1 aromatic carbocycles. The van der Waals surface area contributed by atoms with Crippen molar-refractivity contribution >= 4 is 5.97 Å². The van der Waals surface area contributed by atoms with Crippen LogP contribution in [0.15, 0.2) is 12.1 Å². The Kier molecular flexibility index (Phi) is 4.57. The lowest BCUT2D eigenvalue weighted by atomic mass is 10.0. The maximum absolute atomic E-state index is 13.0. The van der Waals surface area contributed by atoms with Gasteiger partial charge in [-0.1, -0.05) is 0 Å². The van der Waals surface area contributed by atoms with Gasteiger partial charge in [-0.3, -0.25) is 4.79 Å². The Morgan fingerprint density at radius 1 is 1.39 bits per heavy atom.